The second-order valence-electron chi connectivity index (χ2n) is 5.71. The number of aromatic nitrogens is 1. The van der Waals surface area contributed by atoms with E-state index in [0.717, 1.165) is 18.4 Å². The molecule has 2 amide bonds. The summed E-state index contributed by atoms with van der Waals surface area (Å²) in [4.78, 5) is 25.5. The molecule has 2 heterocycles. The van der Waals surface area contributed by atoms with Crippen molar-refractivity contribution in [3.63, 3.8) is 0 Å². The normalized spacial score (nSPS) is 16.2. The van der Waals surface area contributed by atoms with E-state index in [4.69, 9.17) is 4.52 Å². The molecular weight excluding hydrogens is 282 g/mol. The molecule has 6 nitrogen and oxygen atoms in total. The first-order valence-corrected chi connectivity index (χ1v) is 7.54. The number of amides is 2. The molecule has 0 spiro atoms. The van der Waals surface area contributed by atoms with Crippen molar-refractivity contribution in [2.24, 2.45) is 0 Å². The lowest BCUT2D eigenvalue weighted by Crippen LogP contribution is -2.43. The first-order chi connectivity index (χ1) is 10.6. The van der Waals surface area contributed by atoms with Crippen LogP contribution in [0.1, 0.15) is 25.5 Å². The Morgan fingerprint density at radius 1 is 1.45 bits per heavy atom. The molecular formula is C16H19N3O3. The summed E-state index contributed by atoms with van der Waals surface area (Å²) in [5.74, 6) is 0.0572. The number of fused-ring (bicyclic) bond motifs is 1. The number of hydrogen-bond acceptors (Lipinski definition) is 4. The summed E-state index contributed by atoms with van der Waals surface area (Å²) in [5, 5.41) is 7.73. The molecule has 1 fully saturated rings. The number of benzene rings is 1. The summed E-state index contributed by atoms with van der Waals surface area (Å²) in [5.41, 5.74) is 1.32. The van der Waals surface area contributed by atoms with E-state index < -0.39 is 0 Å². The average molecular weight is 301 g/mol. The molecule has 3 rings (SSSR count). The van der Waals surface area contributed by atoms with Gasteiger partial charge in [0.25, 0.3) is 0 Å². The Morgan fingerprint density at radius 2 is 2.27 bits per heavy atom. The SMILES string of the molecule is CC(CN1CCCC1=O)NC(=O)Cc1noc2ccccc12. The van der Waals surface area contributed by atoms with Crippen molar-refractivity contribution in [2.75, 3.05) is 13.1 Å². The lowest BCUT2D eigenvalue weighted by molar-refractivity contribution is -0.129. The summed E-state index contributed by atoms with van der Waals surface area (Å²) in [6, 6.07) is 7.40. The fourth-order valence-corrected chi connectivity index (χ4v) is 2.82. The molecule has 1 saturated heterocycles. The number of nitrogens with zero attached hydrogens (tertiary/aromatic N) is 2. The molecule has 1 aromatic carbocycles. The maximum absolute atomic E-state index is 12.1. The minimum atomic E-state index is -0.113. The van der Waals surface area contributed by atoms with E-state index in [1.807, 2.05) is 31.2 Å². The van der Waals surface area contributed by atoms with Crippen molar-refractivity contribution in [1.82, 2.24) is 15.4 Å². The van der Waals surface area contributed by atoms with Gasteiger partial charge in [0.05, 0.1) is 6.42 Å². The van der Waals surface area contributed by atoms with Gasteiger partial charge in [0, 0.05) is 30.9 Å². The highest BCUT2D eigenvalue weighted by Gasteiger charge is 2.22. The Balaban J connectivity index is 1.57. The van der Waals surface area contributed by atoms with Crippen molar-refractivity contribution in [1.29, 1.82) is 0 Å². The van der Waals surface area contributed by atoms with Gasteiger partial charge in [-0.15, -0.1) is 0 Å². The van der Waals surface area contributed by atoms with E-state index in [0.29, 0.717) is 24.2 Å². The number of carbonyl (C=O) groups is 2. The van der Waals surface area contributed by atoms with Crippen molar-refractivity contribution < 1.29 is 14.1 Å². The molecule has 1 atom stereocenters. The number of hydrogen-bond donors (Lipinski definition) is 1. The van der Waals surface area contributed by atoms with Gasteiger partial charge in [-0.3, -0.25) is 9.59 Å². The van der Waals surface area contributed by atoms with E-state index in [1.54, 1.807) is 4.90 Å². The Morgan fingerprint density at radius 3 is 3.05 bits per heavy atom. The van der Waals surface area contributed by atoms with E-state index in [-0.39, 0.29) is 24.3 Å². The Kier molecular flexibility index (Phi) is 4.09. The van der Waals surface area contributed by atoms with Crippen LogP contribution < -0.4 is 5.32 Å². The van der Waals surface area contributed by atoms with Crippen molar-refractivity contribution in [2.45, 2.75) is 32.2 Å². The molecule has 1 unspecified atom stereocenters. The summed E-state index contributed by atoms with van der Waals surface area (Å²) in [7, 11) is 0. The number of rotatable bonds is 5. The fourth-order valence-electron chi connectivity index (χ4n) is 2.82. The third-order valence-electron chi connectivity index (χ3n) is 3.85. The van der Waals surface area contributed by atoms with Gasteiger partial charge in [-0.25, -0.2) is 0 Å². The lowest BCUT2D eigenvalue weighted by atomic mass is 10.1. The number of para-hydroxylation sites is 1. The largest absolute Gasteiger partial charge is 0.356 e. The maximum atomic E-state index is 12.1. The van der Waals surface area contributed by atoms with Gasteiger partial charge in [0.2, 0.25) is 11.8 Å². The van der Waals surface area contributed by atoms with E-state index >= 15 is 0 Å². The smallest absolute Gasteiger partial charge is 0.226 e. The Hall–Kier alpha value is -2.37. The van der Waals surface area contributed by atoms with Crippen LogP contribution in [0.15, 0.2) is 28.8 Å². The van der Waals surface area contributed by atoms with Crippen molar-refractivity contribution in [3.05, 3.63) is 30.0 Å². The Labute approximate surface area is 128 Å². The zero-order valence-electron chi connectivity index (χ0n) is 12.5. The molecule has 0 saturated carbocycles. The topological polar surface area (TPSA) is 75.4 Å². The molecule has 1 N–H and O–H groups in total. The molecule has 0 aliphatic carbocycles. The molecule has 22 heavy (non-hydrogen) atoms. The van der Waals surface area contributed by atoms with Gasteiger partial charge < -0.3 is 14.7 Å². The molecule has 1 aliphatic heterocycles. The summed E-state index contributed by atoms with van der Waals surface area (Å²) in [6.07, 6.45) is 1.70. The van der Waals surface area contributed by atoms with Gasteiger partial charge in [-0.1, -0.05) is 17.3 Å². The van der Waals surface area contributed by atoms with E-state index in [1.165, 1.54) is 0 Å². The predicted octanol–water partition coefficient (Wildman–Crippen LogP) is 1.50. The minimum Gasteiger partial charge on any atom is -0.356 e. The van der Waals surface area contributed by atoms with Crippen molar-refractivity contribution in [3.8, 4) is 0 Å². The van der Waals surface area contributed by atoms with Crippen LogP contribution in [0, 0.1) is 0 Å². The molecule has 1 aromatic heterocycles. The van der Waals surface area contributed by atoms with Crippen LogP contribution in [0.3, 0.4) is 0 Å². The van der Waals surface area contributed by atoms with Crippen LogP contribution in [0.25, 0.3) is 11.0 Å². The number of likely N-dealkylation sites (tertiary alicyclic amines) is 1. The summed E-state index contributed by atoms with van der Waals surface area (Å²) < 4.78 is 5.19. The average Bonchev–Trinajstić information content (AvgIpc) is 3.07. The monoisotopic (exact) mass is 301 g/mol. The molecule has 116 valence electrons. The molecule has 0 radical (unpaired) electrons. The highest BCUT2D eigenvalue weighted by Crippen LogP contribution is 2.18. The third kappa shape index (κ3) is 3.10. The van der Waals surface area contributed by atoms with Gasteiger partial charge in [-0.05, 0) is 25.5 Å². The highest BCUT2D eigenvalue weighted by atomic mass is 16.5. The van der Waals surface area contributed by atoms with Crippen LogP contribution in [0.5, 0.6) is 0 Å². The quantitative estimate of drug-likeness (QED) is 0.908. The predicted molar refractivity (Wildman–Crippen MR) is 81.1 cm³/mol. The van der Waals surface area contributed by atoms with Crippen LogP contribution in [0.4, 0.5) is 0 Å². The number of nitrogens with one attached hydrogen (secondary N) is 1. The first-order valence-electron chi connectivity index (χ1n) is 7.54. The number of carbonyl (C=O) groups excluding carboxylic acids is 2. The highest BCUT2D eigenvalue weighted by molar-refractivity contribution is 5.86. The summed E-state index contributed by atoms with van der Waals surface area (Å²) in [6.45, 7) is 3.25. The van der Waals surface area contributed by atoms with Gasteiger partial charge in [0.1, 0.15) is 5.69 Å². The third-order valence-corrected chi connectivity index (χ3v) is 3.85. The van der Waals surface area contributed by atoms with Gasteiger partial charge in [0.15, 0.2) is 5.58 Å². The molecule has 0 bridgehead atoms. The van der Waals surface area contributed by atoms with Crippen LogP contribution >= 0.6 is 0 Å². The second kappa shape index (κ2) is 6.17. The maximum Gasteiger partial charge on any atom is 0.226 e. The zero-order chi connectivity index (χ0) is 15.5. The van der Waals surface area contributed by atoms with Gasteiger partial charge >= 0.3 is 0 Å². The molecule has 6 heteroatoms. The van der Waals surface area contributed by atoms with Crippen LogP contribution in [0.2, 0.25) is 0 Å². The standard InChI is InChI=1S/C16H19N3O3/c1-11(10-19-8-4-7-16(19)21)17-15(20)9-13-12-5-2-3-6-14(12)22-18-13/h2-3,5-6,11H,4,7-10H2,1H3,(H,17,20). The van der Waals surface area contributed by atoms with E-state index in [9.17, 15) is 9.59 Å². The minimum absolute atomic E-state index is 0.0762. The van der Waals surface area contributed by atoms with Crippen LogP contribution in [-0.2, 0) is 16.0 Å². The zero-order valence-corrected chi connectivity index (χ0v) is 12.5. The second-order valence-corrected chi connectivity index (χ2v) is 5.71. The summed E-state index contributed by atoms with van der Waals surface area (Å²) >= 11 is 0. The molecule has 1 aliphatic rings. The Bertz CT molecular complexity index is 695. The molecule has 2 aromatic rings. The lowest BCUT2D eigenvalue weighted by Gasteiger charge is -2.21. The first kappa shape index (κ1) is 14.6. The van der Waals surface area contributed by atoms with Crippen LogP contribution in [-0.4, -0.2) is 41.0 Å². The van der Waals surface area contributed by atoms with E-state index in [2.05, 4.69) is 10.5 Å². The van der Waals surface area contributed by atoms with Gasteiger partial charge in [-0.2, -0.15) is 0 Å². The van der Waals surface area contributed by atoms with Crippen molar-refractivity contribution >= 4 is 22.8 Å². The fraction of sp³-hybridized carbons (Fsp3) is 0.438.